The van der Waals surface area contributed by atoms with Crippen molar-refractivity contribution in [2.75, 3.05) is 98.4 Å². The smallest absolute Gasteiger partial charge is 0.463 e. The number of aliphatic hydroxyl groups is 3. The van der Waals surface area contributed by atoms with Gasteiger partial charge in [0.2, 0.25) is 16.8 Å². The summed E-state index contributed by atoms with van der Waals surface area (Å²) in [5.74, 6) is -2.19. The van der Waals surface area contributed by atoms with Gasteiger partial charge in [-0.05, 0) is 281 Å². The van der Waals surface area contributed by atoms with Crippen LogP contribution in [0.1, 0.15) is 188 Å². The number of esters is 3. The Kier molecular flexibility index (Phi) is 36.5. The largest absolute Gasteiger partial charge is 0.534 e. The molecule has 142 heavy (non-hydrogen) atoms. The number of halogens is 3. The van der Waals surface area contributed by atoms with Gasteiger partial charge in [-0.1, -0.05) is 261 Å². The van der Waals surface area contributed by atoms with E-state index >= 15 is 0 Å². The minimum absolute atomic E-state index is 0.0202. The van der Waals surface area contributed by atoms with Crippen LogP contribution < -0.4 is 9.50 Å². The van der Waals surface area contributed by atoms with Crippen LogP contribution in [0.4, 0.5) is 22.8 Å². The van der Waals surface area contributed by atoms with E-state index in [1.807, 2.05) is 185 Å². The summed E-state index contributed by atoms with van der Waals surface area (Å²) in [6.45, 7) is 32.4. The van der Waals surface area contributed by atoms with Gasteiger partial charge in [0.05, 0.1) is 31.0 Å². The van der Waals surface area contributed by atoms with Gasteiger partial charge in [-0.2, -0.15) is 21.6 Å². The van der Waals surface area contributed by atoms with E-state index < -0.39 is 67.3 Å². The molecule has 0 radical (unpaired) electrons. The molecule has 7 heterocycles. The number of likely N-dealkylation sites (tertiary alicyclic amines) is 3. The van der Waals surface area contributed by atoms with Gasteiger partial charge < -0.3 is 67.6 Å². The first-order valence-corrected chi connectivity index (χ1v) is 50.6. The van der Waals surface area contributed by atoms with Crippen LogP contribution in [0.15, 0.2) is 278 Å². The highest BCUT2D eigenvalue weighted by Crippen LogP contribution is 2.42. The molecule has 9 aromatic rings. The second-order valence-corrected chi connectivity index (χ2v) is 42.0. The minimum Gasteiger partial charge on any atom is -0.463 e. The molecule has 0 bridgehead atoms. The highest BCUT2D eigenvalue weighted by Gasteiger charge is 2.54. The number of benzene rings is 9. The zero-order valence-electron chi connectivity index (χ0n) is 83.1. The third-order valence-corrected chi connectivity index (χ3v) is 28.1. The minimum atomic E-state index is -5.87. The number of hydrogen-bond acceptors (Lipinski definition) is 22. The predicted molar refractivity (Wildman–Crippen MR) is 542 cm³/mol. The SMILES string of the molecule is CC(C)(C)OC(=O)N1CC=C(B2OC(C)(C)C(C)(C)O2)CC1.CC(C)(C)OC(=O)N1CC=C(c2ccc([C@](O)(C(=O)OCC3CCN(Cc4ccccc4)CC3)c3ccccc3)cc2)CC1.O=C(OCC1CCN(Cc2ccccc2)CC1)[C@](O)(c1ccccc1)c1ccc(C2=CCNCC2)cc1.O=C(OCC1CCN(Cc2ccccc2)CC1)[C@](O)(c1ccccc1)c1ccc(OS(=O)(=O)C(F)(F)F)cc1. The van der Waals surface area contributed by atoms with Crippen molar-refractivity contribution in [1.29, 1.82) is 0 Å². The maximum absolute atomic E-state index is 13.7. The molecule has 2 amide bonds. The number of amides is 2. The first-order valence-electron chi connectivity index (χ1n) is 49.2. The lowest BCUT2D eigenvalue weighted by Gasteiger charge is -2.33. The van der Waals surface area contributed by atoms with Crippen molar-refractivity contribution in [1.82, 2.24) is 29.8 Å². The molecule has 0 saturated carbocycles. The Morgan fingerprint density at radius 2 is 0.704 bits per heavy atom. The lowest BCUT2D eigenvalue weighted by Crippen LogP contribution is -2.41. The molecule has 24 nitrogen and oxygen atoms in total. The fraction of sp³-hybridized carbons (Fsp3) is 0.425. The molecular weight excluding hydrogens is 1830 g/mol. The Morgan fingerprint density at radius 1 is 0.401 bits per heavy atom. The van der Waals surface area contributed by atoms with E-state index in [1.54, 1.807) is 64.4 Å². The fourth-order valence-corrected chi connectivity index (χ4v) is 18.5. The summed E-state index contributed by atoms with van der Waals surface area (Å²) in [7, 11) is -6.18. The molecule has 9 aromatic carbocycles. The van der Waals surface area contributed by atoms with E-state index in [2.05, 4.69) is 90.9 Å². The van der Waals surface area contributed by atoms with Crippen LogP contribution in [0.5, 0.6) is 5.75 Å². The molecule has 29 heteroatoms. The predicted octanol–water partition coefficient (Wildman–Crippen LogP) is 18.9. The third kappa shape index (κ3) is 28.9. The van der Waals surface area contributed by atoms with Crippen molar-refractivity contribution >= 4 is 58.5 Å². The van der Waals surface area contributed by atoms with Gasteiger partial charge in [-0.25, -0.2) is 24.0 Å². The molecule has 0 unspecified atom stereocenters. The maximum atomic E-state index is 13.7. The van der Waals surface area contributed by atoms with Crippen molar-refractivity contribution in [2.24, 2.45) is 17.8 Å². The van der Waals surface area contributed by atoms with Crippen LogP contribution in [-0.2, 0) is 93.9 Å². The van der Waals surface area contributed by atoms with Gasteiger partial charge in [0.1, 0.15) is 17.0 Å². The molecule has 0 aliphatic carbocycles. The zero-order valence-corrected chi connectivity index (χ0v) is 83.9. The van der Waals surface area contributed by atoms with Crippen LogP contribution in [0.3, 0.4) is 0 Å². The van der Waals surface area contributed by atoms with E-state index in [4.69, 9.17) is 33.0 Å². The monoisotopic (exact) mass is 1960 g/mol. The van der Waals surface area contributed by atoms with Crippen LogP contribution in [-0.4, -0.2) is 212 Å². The lowest BCUT2D eigenvalue weighted by atomic mass is 9.75. The average molecular weight is 1970 g/mol. The van der Waals surface area contributed by atoms with Gasteiger partial charge in [0.15, 0.2) is 0 Å². The lowest BCUT2D eigenvalue weighted by molar-refractivity contribution is -0.164. The van der Waals surface area contributed by atoms with Crippen LogP contribution in [0, 0.1) is 17.8 Å². The van der Waals surface area contributed by atoms with Gasteiger partial charge >= 0.3 is 52.8 Å². The molecule has 16 rings (SSSR count). The summed E-state index contributed by atoms with van der Waals surface area (Å²) in [6.07, 6.45) is 13.5. The van der Waals surface area contributed by atoms with Gasteiger partial charge in [0, 0.05) is 52.4 Å². The summed E-state index contributed by atoms with van der Waals surface area (Å²) in [6, 6.07) is 76.4. The van der Waals surface area contributed by atoms with Crippen molar-refractivity contribution in [3.8, 4) is 5.75 Å². The van der Waals surface area contributed by atoms with E-state index in [1.165, 1.54) is 34.4 Å². The topological polar surface area (TPSA) is 282 Å². The number of hydrogen-bond donors (Lipinski definition) is 4. The normalized spacial score (nSPS) is 18.7. The van der Waals surface area contributed by atoms with Gasteiger partial charge in [-0.3, -0.25) is 14.7 Å². The maximum Gasteiger partial charge on any atom is 0.534 e. The number of nitrogens with zero attached hydrogens (tertiary/aromatic N) is 5. The zero-order chi connectivity index (χ0) is 102. The number of piperidine rings is 3. The van der Waals surface area contributed by atoms with E-state index in [9.17, 15) is 60.9 Å². The standard InChI is InChI=1S/C37H44N2O5.C32H36N2O3.C28H28F3NO6S.C16H28BNO4/c1-36(2,3)44-35(41)39-24-20-31(21-25-39)30-14-16-33(17-15-30)37(42,32-12-8-5-9-13-32)34(40)43-27-29-18-22-38(23-19-29)26-28-10-6-4-7-11-28;35-31(37-24-26-17-21-34(22-18-26)23-25-7-3-1-4-8-25)32(36,29-9-5-2-6-10-29)30-13-11-27(12-14-30)28-15-19-33-20-16-28;29-28(30,31)39(35,36)38-25-13-11-24(12-14-25)27(34,23-9-5-2-6-10-23)26(33)37-20-22-15-17-32(18-16-22)19-21-7-3-1-4-8-21;1-14(2,3)20-13(19)18-10-8-12(9-11-18)17-21-15(4,5)16(6,7)22-17/h4-17,20,29,42H,18-19,21-27H2,1-3H3;1-15,26,33,36H,16-24H2;1-14,22,34H,15-20H2;8H,9-11H2,1-7H3/t37-;32-;27-;/m000./s1. The number of nitrogens with one attached hydrogen (secondary N) is 1. The quantitative estimate of drug-likeness (QED) is 0.0129. The molecule has 7 aliphatic heterocycles. The highest BCUT2D eigenvalue weighted by atomic mass is 32.2. The van der Waals surface area contributed by atoms with Gasteiger partial charge in [0.25, 0.3) is 0 Å². The van der Waals surface area contributed by atoms with Crippen molar-refractivity contribution < 1.29 is 98.1 Å². The average Bonchev–Trinajstić information content (AvgIpc) is 1.29. The molecule has 7 aliphatic rings. The van der Waals surface area contributed by atoms with E-state index in [-0.39, 0.29) is 66.7 Å². The Morgan fingerprint density at radius 3 is 0.993 bits per heavy atom. The second kappa shape index (κ2) is 48.2. The number of rotatable bonds is 26. The van der Waals surface area contributed by atoms with E-state index in [0.717, 1.165) is 170 Å². The molecule has 0 spiro atoms. The summed E-state index contributed by atoms with van der Waals surface area (Å²) < 4.78 is 105. The number of carbonyl (C=O) groups excluding carboxylic acids is 5. The molecule has 4 fully saturated rings. The Hall–Kier alpha value is -11.6. The number of alkyl halides is 3. The second-order valence-electron chi connectivity index (χ2n) is 40.4. The Balaban J connectivity index is 0.000000163. The first kappa shape index (κ1) is 108. The van der Waals surface area contributed by atoms with E-state index in [0.29, 0.717) is 67.4 Å². The molecule has 4 N–H and O–H groups in total. The summed E-state index contributed by atoms with van der Waals surface area (Å²) in [5, 5.41) is 38.8. The van der Waals surface area contributed by atoms with Crippen LogP contribution in [0.2, 0.25) is 0 Å². The number of ether oxygens (including phenoxy) is 5. The van der Waals surface area contributed by atoms with Crippen LogP contribution >= 0.6 is 0 Å². The summed E-state index contributed by atoms with van der Waals surface area (Å²) >= 11 is 0. The van der Waals surface area contributed by atoms with Gasteiger partial charge in [-0.15, -0.1) is 0 Å². The van der Waals surface area contributed by atoms with Crippen molar-refractivity contribution in [3.05, 3.63) is 340 Å². The number of carbonyl (C=O) groups is 5. The van der Waals surface area contributed by atoms with Crippen molar-refractivity contribution in [3.63, 3.8) is 0 Å². The molecule has 0 aromatic heterocycles. The molecule has 3 atom stereocenters. The highest BCUT2D eigenvalue weighted by molar-refractivity contribution is 7.88. The summed E-state index contributed by atoms with van der Waals surface area (Å²) in [4.78, 5) is 75.6. The summed E-state index contributed by atoms with van der Waals surface area (Å²) in [5.41, 5.74) is -1.71. The molecule has 4 saturated heterocycles. The van der Waals surface area contributed by atoms with Crippen molar-refractivity contribution in [2.45, 2.75) is 191 Å². The Labute approximate surface area is 834 Å². The Bertz CT molecular complexity index is 5810. The first-order chi connectivity index (χ1) is 67.6. The molecule has 756 valence electrons. The third-order valence-electron chi connectivity index (χ3n) is 27.2. The fourth-order valence-electron chi connectivity index (χ4n) is 18.1. The molecular formula is C113H136BF3N6O18S. The van der Waals surface area contributed by atoms with Crippen LogP contribution in [0.25, 0.3) is 11.1 Å².